The van der Waals surface area contributed by atoms with Gasteiger partial charge in [0.25, 0.3) is 0 Å². The Balaban J connectivity index is 1.25. The van der Waals surface area contributed by atoms with Crippen LogP contribution < -0.4 is 0 Å². The summed E-state index contributed by atoms with van der Waals surface area (Å²) in [6, 6.07) is 9.93. The SMILES string of the molecule is O=C1O[C@]2(CC[C@H](n3ccc4nc(-c5ccc(F)cc5)nc-4n3)CC2)c2cnccc21. The molecular formula is C23H18FN5O2. The molecule has 0 amide bonds. The second kappa shape index (κ2) is 6.66. The molecule has 8 heteroatoms. The zero-order chi connectivity index (χ0) is 21.0. The molecule has 0 saturated heterocycles. The Labute approximate surface area is 177 Å². The first-order valence-corrected chi connectivity index (χ1v) is 10.3. The maximum atomic E-state index is 13.2. The summed E-state index contributed by atoms with van der Waals surface area (Å²) in [7, 11) is 0. The first-order chi connectivity index (χ1) is 15.1. The van der Waals surface area contributed by atoms with Crippen molar-refractivity contribution in [3.63, 3.8) is 0 Å². The molecule has 154 valence electrons. The van der Waals surface area contributed by atoms with Crippen molar-refractivity contribution < 1.29 is 13.9 Å². The van der Waals surface area contributed by atoms with E-state index in [1.807, 2.05) is 16.9 Å². The Morgan fingerprint density at radius 3 is 2.65 bits per heavy atom. The summed E-state index contributed by atoms with van der Waals surface area (Å²) in [5.41, 5.74) is 2.41. The highest BCUT2D eigenvalue weighted by Crippen LogP contribution is 2.48. The molecule has 0 N–H and O–H groups in total. The number of halogens is 1. The Morgan fingerprint density at radius 1 is 1.03 bits per heavy atom. The third-order valence-electron chi connectivity index (χ3n) is 6.32. The lowest BCUT2D eigenvalue weighted by Crippen LogP contribution is -2.33. The van der Waals surface area contributed by atoms with Gasteiger partial charge in [-0.25, -0.2) is 19.2 Å². The fourth-order valence-corrected chi connectivity index (χ4v) is 4.68. The molecule has 0 bridgehead atoms. The van der Waals surface area contributed by atoms with E-state index in [1.54, 1.807) is 30.6 Å². The van der Waals surface area contributed by atoms with Gasteiger partial charge in [-0.1, -0.05) is 0 Å². The van der Waals surface area contributed by atoms with Crippen molar-refractivity contribution in [1.29, 1.82) is 0 Å². The molecule has 1 aromatic carbocycles. The van der Waals surface area contributed by atoms with Crippen LogP contribution in [0.2, 0.25) is 0 Å². The van der Waals surface area contributed by atoms with E-state index in [1.165, 1.54) is 12.1 Å². The van der Waals surface area contributed by atoms with E-state index in [0.717, 1.165) is 36.8 Å². The minimum Gasteiger partial charge on any atom is -0.450 e. The zero-order valence-electron chi connectivity index (χ0n) is 16.5. The monoisotopic (exact) mass is 415 g/mol. The quantitative estimate of drug-likeness (QED) is 0.457. The summed E-state index contributed by atoms with van der Waals surface area (Å²) in [6.45, 7) is 0. The van der Waals surface area contributed by atoms with Crippen molar-refractivity contribution in [3.8, 4) is 22.9 Å². The highest BCUT2D eigenvalue weighted by molar-refractivity contribution is 5.94. The standard InChI is InChI=1S/C23H18FN5O2/c24-15-3-1-14(2-4-15)20-26-19-8-12-29(28-21(19)27-20)16-5-9-23(10-6-16)18-13-25-11-7-17(18)22(30)31-23/h1-4,7-8,11-13,16H,5-6,9-10H2/t16-,23-. The van der Waals surface area contributed by atoms with Gasteiger partial charge in [0, 0.05) is 29.7 Å². The Kier molecular flexibility index (Phi) is 3.89. The van der Waals surface area contributed by atoms with E-state index in [9.17, 15) is 9.18 Å². The molecule has 7 nitrogen and oxygen atoms in total. The normalized spacial score (nSPS) is 22.6. The molecule has 31 heavy (non-hydrogen) atoms. The number of aromatic nitrogens is 5. The van der Waals surface area contributed by atoms with Gasteiger partial charge in [-0.05, 0) is 62.1 Å². The third-order valence-corrected chi connectivity index (χ3v) is 6.32. The molecule has 1 fully saturated rings. The summed E-state index contributed by atoms with van der Waals surface area (Å²) in [4.78, 5) is 25.5. The summed E-state index contributed by atoms with van der Waals surface area (Å²) in [5.74, 6) is 0.537. The minimum absolute atomic E-state index is 0.181. The van der Waals surface area contributed by atoms with Crippen LogP contribution in [-0.2, 0) is 10.3 Å². The van der Waals surface area contributed by atoms with Gasteiger partial charge in [0.05, 0.1) is 11.6 Å². The van der Waals surface area contributed by atoms with E-state index in [4.69, 9.17) is 4.74 Å². The number of benzene rings is 1. The molecule has 6 rings (SSSR count). The molecule has 3 aliphatic heterocycles. The maximum Gasteiger partial charge on any atom is 0.339 e. The number of esters is 1. The predicted octanol–water partition coefficient (Wildman–Crippen LogP) is 4.16. The molecular weight excluding hydrogens is 397 g/mol. The second-order valence-corrected chi connectivity index (χ2v) is 8.09. The van der Waals surface area contributed by atoms with Gasteiger partial charge >= 0.3 is 5.97 Å². The highest BCUT2D eigenvalue weighted by Gasteiger charge is 2.48. The molecule has 1 aliphatic carbocycles. The second-order valence-electron chi connectivity index (χ2n) is 8.09. The number of hydrogen-bond donors (Lipinski definition) is 0. The molecule has 1 aromatic heterocycles. The van der Waals surface area contributed by atoms with E-state index >= 15 is 0 Å². The Hall–Kier alpha value is -3.68. The number of pyridine rings is 1. The summed E-state index contributed by atoms with van der Waals surface area (Å²) in [6.07, 6.45) is 8.40. The fourth-order valence-electron chi connectivity index (χ4n) is 4.68. The van der Waals surface area contributed by atoms with Gasteiger partial charge in [-0.2, -0.15) is 5.10 Å². The average molecular weight is 415 g/mol. The first-order valence-electron chi connectivity index (χ1n) is 10.3. The van der Waals surface area contributed by atoms with E-state index in [2.05, 4.69) is 20.1 Å². The number of carbonyl (C=O) groups is 1. The zero-order valence-corrected chi connectivity index (χ0v) is 16.5. The van der Waals surface area contributed by atoms with Crippen LogP contribution in [0, 0.1) is 5.82 Å². The minimum atomic E-state index is -0.572. The number of fused-ring (bicyclic) bond motifs is 3. The number of imidazole rings is 1. The largest absolute Gasteiger partial charge is 0.450 e. The summed E-state index contributed by atoms with van der Waals surface area (Å²) < 4.78 is 20.9. The number of rotatable bonds is 2. The van der Waals surface area contributed by atoms with Gasteiger partial charge in [0.2, 0.25) is 0 Å². The van der Waals surface area contributed by atoms with Crippen molar-refractivity contribution in [1.82, 2.24) is 24.7 Å². The molecule has 1 saturated carbocycles. The summed E-state index contributed by atoms with van der Waals surface area (Å²) in [5, 5.41) is 4.69. The number of hydrogen-bond acceptors (Lipinski definition) is 6. The van der Waals surface area contributed by atoms with Crippen LogP contribution in [0.25, 0.3) is 22.9 Å². The Morgan fingerprint density at radius 2 is 1.84 bits per heavy atom. The molecule has 2 aromatic rings. The lowest BCUT2D eigenvalue weighted by atomic mass is 9.78. The lowest BCUT2D eigenvalue weighted by molar-refractivity contribution is -0.0356. The van der Waals surface area contributed by atoms with Gasteiger partial charge in [-0.3, -0.25) is 9.67 Å². The highest BCUT2D eigenvalue weighted by atomic mass is 19.1. The Bertz CT molecular complexity index is 1260. The number of ether oxygens (including phenoxy) is 1. The van der Waals surface area contributed by atoms with Gasteiger partial charge < -0.3 is 4.74 Å². The van der Waals surface area contributed by atoms with Crippen LogP contribution in [-0.4, -0.2) is 30.7 Å². The molecule has 1 spiro atoms. The van der Waals surface area contributed by atoms with Crippen LogP contribution >= 0.6 is 0 Å². The molecule has 0 unspecified atom stereocenters. The molecule has 4 heterocycles. The van der Waals surface area contributed by atoms with Crippen molar-refractivity contribution in [2.75, 3.05) is 0 Å². The molecule has 4 aliphatic rings. The average Bonchev–Trinajstić information content (AvgIpc) is 3.34. The molecule has 0 atom stereocenters. The number of nitrogens with zero attached hydrogens (tertiary/aromatic N) is 5. The smallest absolute Gasteiger partial charge is 0.339 e. The van der Waals surface area contributed by atoms with Crippen molar-refractivity contribution in [2.24, 2.45) is 0 Å². The van der Waals surface area contributed by atoms with E-state index in [0.29, 0.717) is 22.9 Å². The van der Waals surface area contributed by atoms with Crippen LogP contribution in [0.1, 0.15) is 47.6 Å². The predicted molar refractivity (Wildman–Crippen MR) is 109 cm³/mol. The summed E-state index contributed by atoms with van der Waals surface area (Å²) >= 11 is 0. The fraction of sp³-hybridized carbons (Fsp3) is 0.261. The van der Waals surface area contributed by atoms with Crippen LogP contribution in [0.15, 0.2) is 55.0 Å². The van der Waals surface area contributed by atoms with Gasteiger partial charge in [-0.15, -0.1) is 0 Å². The van der Waals surface area contributed by atoms with Crippen molar-refractivity contribution in [2.45, 2.75) is 37.3 Å². The third kappa shape index (κ3) is 2.90. The van der Waals surface area contributed by atoms with E-state index < -0.39 is 5.60 Å². The van der Waals surface area contributed by atoms with Crippen molar-refractivity contribution in [3.05, 3.63) is 71.9 Å². The van der Waals surface area contributed by atoms with Crippen molar-refractivity contribution >= 4 is 5.97 Å². The van der Waals surface area contributed by atoms with Crippen LogP contribution in [0.5, 0.6) is 0 Å². The topological polar surface area (TPSA) is 82.8 Å². The first kappa shape index (κ1) is 18.1. The van der Waals surface area contributed by atoms with Gasteiger partial charge in [0.15, 0.2) is 11.6 Å². The number of carbonyl (C=O) groups excluding carboxylic acids is 1. The maximum absolute atomic E-state index is 13.2. The molecule has 0 radical (unpaired) electrons. The van der Waals surface area contributed by atoms with Crippen LogP contribution in [0.3, 0.4) is 0 Å². The lowest BCUT2D eigenvalue weighted by Gasteiger charge is -2.36. The van der Waals surface area contributed by atoms with Gasteiger partial charge in [0.1, 0.15) is 17.1 Å². The van der Waals surface area contributed by atoms with E-state index in [-0.39, 0.29) is 17.8 Å². The van der Waals surface area contributed by atoms with Crippen LogP contribution in [0.4, 0.5) is 4.39 Å².